The third kappa shape index (κ3) is 6.66. The second kappa shape index (κ2) is 11.5. The number of benzene rings is 1. The van der Waals surface area contributed by atoms with Crippen LogP contribution in [0.2, 0.25) is 0 Å². The molecule has 2 N–H and O–H groups in total. The number of aryl methyl sites for hydroxylation is 1. The number of nitrogens with zero attached hydrogens (tertiary/aromatic N) is 2. The van der Waals surface area contributed by atoms with Gasteiger partial charge in [-0.1, -0.05) is 43.2 Å². The second-order valence-corrected chi connectivity index (χ2v) is 7.48. The number of carbonyl (C=O) groups excluding carboxylic acids is 1. The maximum absolute atomic E-state index is 12.5. The number of likely N-dealkylation sites (tertiary alicyclic amines) is 1. The van der Waals surface area contributed by atoms with Crippen LogP contribution in [0.5, 0.6) is 0 Å². The van der Waals surface area contributed by atoms with E-state index in [0.717, 1.165) is 57.7 Å². The molecule has 0 aromatic heterocycles. The number of hydrogen-bond acceptors (Lipinski definition) is 2. The molecule has 1 aromatic rings. The van der Waals surface area contributed by atoms with Gasteiger partial charge in [-0.15, -0.1) is 24.0 Å². The molecule has 1 atom stereocenters. The van der Waals surface area contributed by atoms with E-state index in [4.69, 9.17) is 0 Å². The Morgan fingerprint density at radius 2 is 1.93 bits per heavy atom. The number of nitrogens with one attached hydrogen (secondary N) is 2. The van der Waals surface area contributed by atoms with E-state index in [0.29, 0.717) is 11.9 Å². The maximum Gasteiger partial charge on any atom is 0.225 e. The van der Waals surface area contributed by atoms with Crippen LogP contribution in [0.3, 0.4) is 0 Å². The molecule has 2 fully saturated rings. The van der Waals surface area contributed by atoms with Gasteiger partial charge >= 0.3 is 0 Å². The van der Waals surface area contributed by atoms with Crippen molar-refractivity contribution in [2.45, 2.75) is 51.0 Å². The molecule has 1 unspecified atom stereocenters. The van der Waals surface area contributed by atoms with Gasteiger partial charge in [-0.2, -0.15) is 0 Å². The molecule has 0 radical (unpaired) electrons. The molecule has 1 amide bonds. The van der Waals surface area contributed by atoms with Crippen molar-refractivity contribution in [2.24, 2.45) is 10.9 Å². The Kier molecular flexibility index (Phi) is 9.38. The lowest BCUT2D eigenvalue weighted by atomic mass is 10.1. The third-order valence-corrected chi connectivity index (χ3v) is 5.55. The van der Waals surface area contributed by atoms with Gasteiger partial charge in [0.1, 0.15) is 0 Å². The molecule has 1 aliphatic heterocycles. The van der Waals surface area contributed by atoms with E-state index in [-0.39, 0.29) is 29.9 Å². The highest BCUT2D eigenvalue weighted by atomic mass is 127. The number of aliphatic imine (C=N–C) groups is 1. The van der Waals surface area contributed by atoms with Crippen molar-refractivity contribution in [3.8, 4) is 0 Å². The molecule has 2 aliphatic rings. The summed E-state index contributed by atoms with van der Waals surface area (Å²) in [5.74, 6) is 1.50. The van der Waals surface area contributed by atoms with Crippen molar-refractivity contribution in [1.29, 1.82) is 0 Å². The average Bonchev–Trinajstić information content (AvgIpc) is 3.36. The van der Waals surface area contributed by atoms with Gasteiger partial charge in [-0.25, -0.2) is 0 Å². The van der Waals surface area contributed by atoms with E-state index in [1.165, 1.54) is 18.4 Å². The Labute approximate surface area is 180 Å². The molecule has 1 aliphatic carbocycles. The van der Waals surface area contributed by atoms with Gasteiger partial charge in [0.15, 0.2) is 5.96 Å². The van der Waals surface area contributed by atoms with Crippen LogP contribution in [0.4, 0.5) is 0 Å². The summed E-state index contributed by atoms with van der Waals surface area (Å²) >= 11 is 0. The molecular formula is C21H33IN4O. The van der Waals surface area contributed by atoms with E-state index in [1.54, 1.807) is 0 Å². The molecule has 27 heavy (non-hydrogen) atoms. The van der Waals surface area contributed by atoms with Crippen LogP contribution >= 0.6 is 24.0 Å². The largest absolute Gasteiger partial charge is 0.356 e. The fourth-order valence-corrected chi connectivity index (χ4v) is 4.04. The Morgan fingerprint density at radius 1 is 1.19 bits per heavy atom. The molecule has 1 saturated carbocycles. The average molecular weight is 484 g/mol. The second-order valence-electron chi connectivity index (χ2n) is 7.48. The lowest BCUT2D eigenvalue weighted by Gasteiger charge is -2.21. The molecule has 0 spiro atoms. The minimum absolute atomic E-state index is 0. The number of guanidine groups is 1. The first kappa shape index (κ1) is 22.0. The summed E-state index contributed by atoms with van der Waals surface area (Å²) < 4.78 is 0. The normalized spacial score (nSPS) is 20.4. The molecule has 1 heterocycles. The summed E-state index contributed by atoms with van der Waals surface area (Å²) in [6.07, 6.45) is 7.73. The van der Waals surface area contributed by atoms with Crippen LogP contribution in [-0.2, 0) is 11.2 Å². The lowest BCUT2D eigenvalue weighted by molar-refractivity contribution is -0.134. The monoisotopic (exact) mass is 484 g/mol. The first-order chi connectivity index (χ1) is 12.8. The van der Waals surface area contributed by atoms with Crippen molar-refractivity contribution >= 4 is 35.8 Å². The predicted octanol–water partition coefficient (Wildman–Crippen LogP) is 3.19. The van der Waals surface area contributed by atoms with Gasteiger partial charge in [-0.3, -0.25) is 9.79 Å². The quantitative estimate of drug-likeness (QED) is 0.282. The zero-order valence-electron chi connectivity index (χ0n) is 16.3. The maximum atomic E-state index is 12.5. The highest BCUT2D eigenvalue weighted by Gasteiger charge is 2.32. The first-order valence-corrected chi connectivity index (χ1v) is 10.1. The van der Waals surface area contributed by atoms with Crippen molar-refractivity contribution in [3.63, 3.8) is 0 Å². The van der Waals surface area contributed by atoms with Crippen LogP contribution in [0.15, 0.2) is 35.3 Å². The van der Waals surface area contributed by atoms with Crippen LogP contribution in [0, 0.1) is 5.92 Å². The van der Waals surface area contributed by atoms with Crippen LogP contribution in [0.1, 0.15) is 44.1 Å². The fourth-order valence-electron chi connectivity index (χ4n) is 4.04. The van der Waals surface area contributed by atoms with Gasteiger partial charge in [0.2, 0.25) is 5.91 Å². The van der Waals surface area contributed by atoms with Gasteiger partial charge in [-0.05, 0) is 37.7 Å². The van der Waals surface area contributed by atoms with Crippen molar-refractivity contribution in [1.82, 2.24) is 15.5 Å². The zero-order chi connectivity index (χ0) is 18.2. The summed E-state index contributed by atoms with van der Waals surface area (Å²) in [5.41, 5.74) is 1.37. The van der Waals surface area contributed by atoms with Crippen LogP contribution < -0.4 is 10.6 Å². The number of halogens is 1. The number of carbonyl (C=O) groups is 1. The topological polar surface area (TPSA) is 56.7 Å². The molecule has 1 saturated heterocycles. The summed E-state index contributed by atoms with van der Waals surface area (Å²) in [5, 5.41) is 6.89. The Bertz CT molecular complexity index is 601. The molecule has 5 nitrogen and oxygen atoms in total. The van der Waals surface area contributed by atoms with E-state index in [2.05, 4.69) is 50.9 Å². The standard InChI is InChI=1S/C21H32N4O.HI/c1-22-21(23-14-7-10-17-8-3-2-4-9-17)24-19-13-15-25(16-19)20(26)18-11-5-6-12-18;/h2-4,8-9,18-19H,5-7,10-16H2,1H3,(H2,22,23,24);1H. The van der Waals surface area contributed by atoms with Crippen molar-refractivity contribution in [2.75, 3.05) is 26.7 Å². The van der Waals surface area contributed by atoms with Crippen LogP contribution in [0.25, 0.3) is 0 Å². The molecule has 150 valence electrons. The lowest BCUT2D eigenvalue weighted by Crippen LogP contribution is -2.45. The van der Waals surface area contributed by atoms with E-state index < -0.39 is 0 Å². The highest BCUT2D eigenvalue weighted by Crippen LogP contribution is 2.27. The first-order valence-electron chi connectivity index (χ1n) is 10.1. The van der Waals surface area contributed by atoms with Gasteiger partial charge in [0.25, 0.3) is 0 Å². The Hall–Kier alpha value is -1.31. The van der Waals surface area contributed by atoms with E-state index in [1.807, 2.05) is 7.05 Å². The van der Waals surface area contributed by atoms with Crippen molar-refractivity contribution in [3.05, 3.63) is 35.9 Å². The molecule has 0 bridgehead atoms. The SMILES string of the molecule is CN=C(NCCCc1ccccc1)NC1CCN(C(=O)C2CCCC2)C1.I. The highest BCUT2D eigenvalue weighted by molar-refractivity contribution is 14.0. The number of rotatable bonds is 6. The van der Waals surface area contributed by atoms with E-state index in [9.17, 15) is 4.79 Å². The molecular weight excluding hydrogens is 451 g/mol. The molecule has 6 heteroatoms. The van der Waals surface area contributed by atoms with Crippen molar-refractivity contribution < 1.29 is 4.79 Å². The van der Waals surface area contributed by atoms with Gasteiger partial charge < -0.3 is 15.5 Å². The van der Waals surface area contributed by atoms with E-state index >= 15 is 0 Å². The minimum Gasteiger partial charge on any atom is -0.356 e. The summed E-state index contributed by atoms with van der Waals surface area (Å²) in [4.78, 5) is 18.9. The minimum atomic E-state index is 0. The summed E-state index contributed by atoms with van der Waals surface area (Å²) in [6.45, 7) is 2.57. The van der Waals surface area contributed by atoms with Crippen LogP contribution in [-0.4, -0.2) is 49.5 Å². The smallest absolute Gasteiger partial charge is 0.225 e. The predicted molar refractivity (Wildman–Crippen MR) is 122 cm³/mol. The molecule has 3 rings (SSSR count). The number of hydrogen-bond donors (Lipinski definition) is 2. The Balaban J connectivity index is 0.00000261. The molecule has 1 aromatic carbocycles. The fraction of sp³-hybridized carbons (Fsp3) is 0.619. The number of amides is 1. The summed E-state index contributed by atoms with van der Waals surface area (Å²) in [6, 6.07) is 10.9. The Morgan fingerprint density at radius 3 is 2.63 bits per heavy atom. The zero-order valence-corrected chi connectivity index (χ0v) is 18.7. The van der Waals surface area contributed by atoms with Gasteiger partial charge in [0, 0.05) is 38.6 Å². The van der Waals surface area contributed by atoms with Gasteiger partial charge in [0.05, 0.1) is 0 Å². The third-order valence-electron chi connectivity index (χ3n) is 5.55. The summed E-state index contributed by atoms with van der Waals surface area (Å²) in [7, 11) is 1.81.